The van der Waals surface area contributed by atoms with Crippen LogP contribution in [0.2, 0.25) is 0 Å². The van der Waals surface area contributed by atoms with Crippen molar-refractivity contribution in [2.45, 2.75) is 316 Å². The molecule has 2 heteroatoms. The van der Waals surface area contributed by atoms with E-state index in [2.05, 4.69) is 38.2 Å². The molecule has 0 atom stereocenters. The molecule has 0 heterocycles. The van der Waals surface area contributed by atoms with Crippen molar-refractivity contribution in [1.29, 1.82) is 0 Å². The highest BCUT2D eigenvalue weighted by Crippen LogP contribution is 2.17. The summed E-state index contributed by atoms with van der Waals surface area (Å²) in [7, 11) is 0. The highest BCUT2D eigenvalue weighted by Gasteiger charge is 2.03. The van der Waals surface area contributed by atoms with Crippen LogP contribution in [0.4, 0.5) is 0 Å². The molecular weight excluding hydrogens is 693 g/mol. The Morgan fingerprint density at radius 2 is 0.544 bits per heavy atom. The number of allylic oxidation sites excluding steroid dienone is 4. The molecule has 338 valence electrons. The number of rotatable bonds is 50. The van der Waals surface area contributed by atoms with Gasteiger partial charge in [-0.25, -0.2) is 0 Å². The predicted molar refractivity (Wildman–Crippen MR) is 258 cm³/mol. The van der Waals surface area contributed by atoms with Crippen molar-refractivity contribution >= 4 is 5.97 Å². The van der Waals surface area contributed by atoms with Gasteiger partial charge in [-0.05, 0) is 44.9 Å². The molecule has 0 aromatic heterocycles. The molecule has 57 heavy (non-hydrogen) atoms. The zero-order valence-corrected chi connectivity index (χ0v) is 39.6. The van der Waals surface area contributed by atoms with E-state index in [9.17, 15) is 4.79 Å². The Morgan fingerprint density at radius 1 is 0.298 bits per heavy atom. The average Bonchev–Trinajstić information content (AvgIpc) is 3.22. The predicted octanol–water partition coefficient (Wildman–Crippen LogP) is 20.0. The van der Waals surface area contributed by atoms with Crippen LogP contribution in [0.3, 0.4) is 0 Å². The minimum Gasteiger partial charge on any atom is -0.466 e. The van der Waals surface area contributed by atoms with Crippen LogP contribution in [0.15, 0.2) is 24.3 Å². The molecule has 0 radical (unpaired) electrons. The maximum absolute atomic E-state index is 12.0. The molecule has 0 fully saturated rings. The number of hydrogen-bond donors (Lipinski definition) is 0. The van der Waals surface area contributed by atoms with Gasteiger partial charge in [0, 0.05) is 6.42 Å². The summed E-state index contributed by atoms with van der Waals surface area (Å²) in [6.07, 6.45) is 73.5. The second kappa shape index (κ2) is 53.0. The lowest BCUT2D eigenvalue weighted by Gasteiger charge is -2.06. The van der Waals surface area contributed by atoms with Gasteiger partial charge >= 0.3 is 5.97 Å². The minimum absolute atomic E-state index is 0.0156. The van der Waals surface area contributed by atoms with Crippen LogP contribution in [0.25, 0.3) is 0 Å². The molecule has 0 aliphatic heterocycles. The molecule has 0 rings (SSSR count). The fourth-order valence-corrected chi connectivity index (χ4v) is 8.35. The first kappa shape index (κ1) is 55.9. The van der Waals surface area contributed by atoms with E-state index >= 15 is 0 Å². The Balaban J connectivity index is 3.16. The molecule has 2 nitrogen and oxygen atoms in total. The molecular formula is C55H106O2. The normalized spacial score (nSPS) is 11.8. The number of hydrogen-bond acceptors (Lipinski definition) is 2. The first-order valence-corrected chi connectivity index (χ1v) is 26.8. The van der Waals surface area contributed by atoms with E-state index in [1.165, 1.54) is 270 Å². The number of ether oxygens (including phenoxy) is 1. The fraction of sp³-hybridized carbons (Fsp3) is 0.909. The number of carbonyl (C=O) groups is 1. The molecule has 0 N–H and O–H groups in total. The Labute approximate surface area is 360 Å². The van der Waals surface area contributed by atoms with E-state index in [0.717, 1.165) is 25.7 Å². The van der Waals surface area contributed by atoms with Crippen molar-refractivity contribution in [2.24, 2.45) is 0 Å². The van der Waals surface area contributed by atoms with E-state index in [0.29, 0.717) is 13.0 Å². The van der Waals surface area contributed by atoms with Crippen molar-refractivity contribution in [3.63, 3.8) is 0 Å². The first-order valence-electron chi connectivity index (χ1n) is 26.8. The van der Waals surface area contributed by atoms with E-state index in [4.69, 9.17) is 4.74 Å². The highest BCUT2D eigenvalue weighted by atomic mass is 16.5. The quantitative estimate of drug-likeness (QED) is 0.0348. The van der Waals surface area contributed by atoms with Gasteiger partial charge in [0.1, 0.15) is 0 Å². The van der Waals surface area contributed by atoms with Crippen molar-refractivity contribution in [3.05, 3.63) is 24.3 Å². The second-order valence-corrected chi connectivity index (χ2v) is 18.2. The molecule has 0 spiro atoms. The van der Waals surface area contributed by atoms with Gasteiger partial charge in [0.25, 0.3) is 0 Å². The fourth-order valence-electron chi connectivity index (χ4n) is 8.35. The van der Waals surface area contributed by atoms with Crippen LogP contribution in [0.1, 0.15) is 316 Å². The van der Waals surface area contributed by atoms with Crippen LogP contribution in [0, 0.1) is 0 Å². The number of carbonyl (C=O) groups excluding carboxylic acids is 1. The summed E-state index contributed by atoms with van der Waals surface area (Å²) in [5.41, 5.74) is 0. The van der Waals surface area contributed by atoms with Crippen molar-refractivity contribution < 1.29 is 9.53 Å². The molecule has 0 unspecified atom stereocenters. The summed E-state index contributed by atoms with van der Waals surface area (Å²) in [4.78, 5) is 12.0. The van der Waals surface area contributed by atoms with Gasteiger partial charge in [-0.15, -0.1) is 0 Å². The topological polar surface area (TPSA) is 26.3 Å². The van der Waals surface area contributed by atoms with Gasteiger partial charge in [-0.2, -0.15) is 0 Å². The molecule has 0 bridgehead atoms. The summed E-state index contributed by atoms with van der Waals surface area (Å²) in [6.45, 7) is 5.19. The maximum Gasteiger partial charge on any atom is 0.305 e. The third kappa shape index (κ3) is 52.9. The van der Waals surface area contributed by atoms with E-state index in [1.54, 1.807) is 0 Å². The molecule has 0 amide bonds. The molecule has 0 aliphatic rings. The number of unbranched alkanes of at least 4 members (excludes halogenated alkanes) is 42. The summed E-state index contributed by atoms with van der Waals surface area (Å²) in [6, 6.07) is 0. The Hall–Kier alpha value is -1.05. The zero-order valence-electron chi connectivity index (χ0n) is 39.6. The van der Waals surface area contributed by atoms with Crippen LogP contribution in [-0.4, -0.2) is 12.6 Å². The van der Waals surface area contributed by atoms with E-state index in [1.807, 2.05) is 0 Å². The summed E-state index contributed by atoms with van der Waals surface area (Å²) >= 11 is 0. The first-order chi connectivity index (χ1) is 28.3. The Kier molecular flexibility index (Phi) is 52.0. The lowest BCUT2D eigenvalue weighted by Crippen LogP contribution is -2.05. The van der Waals surface area contributed by atoms with Gasteiger partial charge in [-0.1, -0.05) is 289 Å². The van der Waals surface area contributed by atoms with E-state index in [-0.39, 0.29) is 5.97 Å². The Bertz CT molecular complexity index is 783. The third-order valence-electron chi connectivity index (χ3n) is 12.3. The van der Waals surface area contributed by atoms with Gasteiger partial charge in [0.15, 0.2) is 0 Å². The zero-order chi connectivity index (χ0) is 41.1. The monoisotopic (exact) mass is 799 g/mol. The summed E-state index contributed by atoms with van der Waals surface area (Å²) in [5.74, 6) is 0.0156. The largest absolute Gasteiger partial charge is 0.466 e. The van der Waals surface area contributed by atoms with Gasteiger partial charge < -0.3 is 4.74 Å². The highest BCUT2D eigenvalue weighted by molar-refractivity contribution is 5.69. The molecule has 0 saturated carbocycles. The third-order valence-corrected chi connectivity index (χ3v) is 12.3. The molecule has 0 saturated heterocycles. The lowest BCUT2D eigenvalue weighted by atomic mass is 10.0. The summed E-state index contributed by atoms with van der Waals surface area (Å²) in [5, 5.41) is 0. The minimum atomic E-state index is 0.0156. The van der Waals surface area contributed by atoms with E-state index < -0.39 is 0 Å². The maximum atomic E-state index is 12.0. The van der Waals surface area contributed by atoms with Crippen LogP contribution in [0.5, 0.6) is 0 Å². The van der Waals surface area contributed by atoms with Crippen molar-refractivity contribution in [1.82, 2.24) is 0 Å². The van der Waals surface area contributed by atoms with Gasteiger partial charge in [0.2, 0.25) is 0 Å². The smallest absolute Gasteiger partial charge is 0.305 e. The average molecular weight is 799 g/mol. The second-order valence-electron chi connectivity index (χ2n) is 18.2. The lowest BCUT2D eigenvalue weighted by molar-refractivity contribution is -0.143. The molecule has 0 aliphatic carbocycles. The van der Waals surface area contributed by atoms with Crippen molar-refractivity contribution in [3.8, 4) is 0 Å². The number of esters is 1. The summed E-state index contributed by atoms with van der Waals surface area (Å²) < 4.78 is 5.48. The van der Waals surface area contributed by atoms with Crippen molar-refractivity contribution in [2.75, 3.05) is 6.61 Å². The molecule has 0 aromatic carbocycles. The SMILES string of the molecule is CCCCC/C=C\C/C=C\CCCCCCCC(=O)OCCCCCCCCCCCCCCCCCCCCCCCCCCCCCCCCCCCCC. The van der Waals surface area contributed by atoms with Gasteiger partial charge in [-0.3, -0.25) is 4.79 Å². The standard InChI is InChI=1S/C55H106O2/c1-3-5-7-9-11-13-15-17-19-20-21-22-23-24-25-26-27-28-29-30-31-32-33-34-35-36-37-38-40-42-44-46-48-50-52-54-57-55(56)53-51-49-47-45-43-41-39-18-16-14-12-10-8-6-4-2/h12,14,18,39H,3-11,13,15-17,19-38,40-54H2,1-2H3/b14-12-,39-18-. The van der Waals surface area contributed by atoms with Crippen LogP contribution < -0.4 is 0 Å². The Morgan fingerprint density at radius 3 is 0.877 bits per heavy atom. The van der Waals surface area contributed by atoms with Crippen LogP contribution >= 0.6 is 0 Å². The molecule has 0 aromatic rings. The van der Waals surface area contributed by atoms with Gasteiger partial charge in [0.05, 0.1) is 6.61 Å². The van der Waals surface area contributed by atoms with Crippen LogP contribution in [-0.2, 0) is 9.53 Å².